The monoisotopic (exact) mass is 539 g/mol. The first-order valence-corrected chi connectivity index (χ1v) is 15.1. The number of ether oxygens (including phenoxy) is 1. The van der Waals surface area contributed by atoms with E-state index in [9.17, 15) is 8.42 Å². The summed E-state index contributed by atoms with van der Waals surface area (Å²) < 4.78 is 31.3. The van der Waals surface area contributed by atoms with E-state index in [-0.39, 0.29) is 5.75 Å². The number of benzene rings is 4. The van der Waals surface area contributed by atoms with E-state index >= 15 is 0 Å². The zero-order valence-corrected chi connectivity index (χ0v) is 23.8. The second kappa shape index (κ2) is 13.4. The summed E-state index contributed by atoms with van der Waals surface area (Å²) in [4.78, 5) is 2.37. The summed E-state index contributed by atoms with van der Waals surface area (Å²) in [5.74, 6) is 0.876. The molecule has 0 heterocycles. The lowest BCUT2D eigenvalue weighted by Crippen LogP contribution is -2.29. The van der Waals surface area contributed by atoms with E-state index in [2.05, 4.69) is 67.6 Å². The molecule has 4 rings (SSSR count). The van der Waals surface area contributed by atoms with E-state index in [0.717, 1.165) is 23.3 Å². The Labute approximate surface area is 233 Å². The average molecular weight is 540 g/mol. The maximum atomic E-state index is 12.6. The van der Waals surface area contributed by atoms with Crippen molar-refractivity contribution in [1.29, 1.82) is 0 Å². The van der Waals surface area contributed by atoms with Gasteiger partial charge >= 0.3 is 0 Å². The summed E-state index contributed by atoms with van der Waals surface area (Å²) in [7, 11) is -1.38. The molecule has 0 unspecified atom stereocenters. The summed E-state index contributed by atoms with van der Waals surface area (Å²) in [5, 5.41) is 0. The molecule has 0 aliphatic heterocycles. The van der Waals surface area contributed by atoms with E-state index in [0.29, 0.717) is 24.6 Å². The molecule has 4 aromatic rings. The van der Waals surface area contributed by atoms with Crippen molar-refractivity contribution in [3.8, 4) is 5.75 Å². The minimum absolute atomic E-state index is 0.0804. The molecule has 0 saturated heterocycles. The lowest BCUT2D eigenvalue weighted by molar-refractivity contribution is 0.244. The Morgan fingerprint density at radius 1 is 0.718 bits per heavy atom. The molecule has 4 aromatic carbocycles. The highest BCUT2D eigenvalue weighted by Crippen LogP contribution is 2.34. The van der Waals surface area contributed by atoms with Gasteiger partial charge in [0.2, 0.25) is 0 Å². The van der Waals surface area contributed by atoms with E-state index in [1.807, 2.05) is 55.3 Å². The van der Waals surface area contributed by atoms with Crippen LogP contribution in [-0.4, -0.2) is 45.8 Å². The second-order valence-corrected chi connectivity index (χ2v) is 11.9. The molecule has 0 N–H and O–H groups in total. The summed E-state index contributed by atoms with van der Waals surface area (Å²) in [5.41, 5.74) is 7.14. The van der Waals surface area contributed by atoms with Gasteiger partial charge in [-0.3, -0.25) is 0 Å². The lowest BCUT2D eigenvalue weighted by Gasteiger charge is -2.18. The van der Waals surface area contributed by atoms with Crippen molar-refractivity contribution in [3.05, 3.63) is 131 Å². The molecule has 0 aromatic heterocycles. The van der Waals surface area contributed by atoms with E-state index in [1.165, 1.54) is 22.3 Å². The van der Waals surface area contributed by atoms with E-state index in [1.54, 1.807) is 12.1 Å². The molecule has 0 fully saturated rings. The Bertz CT molecular complexity index is 1460. The van der Waals surface area contributed by atoms with Crippen LogP contribution in [0, 0.1) is 6.92 Å². The van der Waals surface area contributed by atoms with Crippen LogP contribution in [0.5, 0.6) is 5.75 Å². The predicted octanol–water partition coefficient (Wildman–Crippen LogP) is 7.15. The molecule has 0 saturated carbocycles. The smallest absolute Gasteiger partial charge is 0.179 e. The summed E-state index contributed by atoms with van der Waals surface area (Å²) in [6, 6.07) is 36.4. The van der Waals surface area contributed by atoms with Crippen molar-refractivity contribution < 1.29 is 13.2 Å². The molecular formula is C34H37NO3S. The van der Waals surface area contributed by atoms with Crippen LogP contribution >= 0.6 is 0 Å². The predicted molar refractivity (Wildman–Crippen MR) is 162 cm³/mol. The summed E-state index contributed by atoms with van der Waals surface area (Å²) >= 11 is 0. The molecular weight excluding hydrogens is 502 g/mol. The van der Waals surface area contributed by atoms with E-state index in [4.69, 9.17) is 4.74 Å². The molecule has 0 bridgehead atoms. The summed E-state index contributed by atoms with van der Waals surface area (Å²) in [6.45, 7) is 5.71. The average Bonchev–Trinajstić information content (AvgIpc) is 2.96. The fraction of sp³-hybridized carbons (Fsp3) is 0.235. The number of hydrogen-bond acceptors (Lipinski definition) is 4. The summed E-state index contributed by atoms with van der Waals surface area (Å²) in [6.07, 6.45) is 0.915. The largest absolute Gasteiger partial charge is 0.492 e. The minimum Gasteiger partial charge on any atom is -0.492 e. The first kappa shape index (κ1) is 28.3. The zero-order chi connectivity index (χ0) is 27.7. The fourth-order valence-electron chi connectivity index (χ4n) is 4.57. The Balaban J connectivity index is 1.40. The topological polar surface area (TPSA) is 46.6 Å². The van der Waals surface area contributed by atoms with Crippen molar-refractivity contribution in [1.82, 2.24) is 4.90 Å². The molecule has 39 heavy (non-hydrogen) atoms. The van der Waals surface area contributed by atoms with Gasteiger partial charge in [-0.15, -0.1) is 0 Å². The molecule has 202 valence electrons. The quantitative estimate of drug-likeness (QED) is 0.179. The highest BCUT2D eigenvalue weighted by atomic mass is 32.2. The second-order valence-electron chi connectivity index (χ2n) is 9.75. The van der Waals surface area contributed by atoms with Gasteiger partial charge in [0.05, 0.1) is 10.6 Å². The van der Waals surface area contributed by atoms with Crippen LogP contribution in [0.4, 0.5) is 0 Å². The standard InChI is InChI=1S/C34H37NO3S/c1-4-33(28-11-7-5-8-12-28)34(29-13-9-6-10-14-29)30-17-19-31(20-18-30)38-25-23-35(3)24-26-39(36,37)32-21-15-27(2)16-22-32/h5-22H,4,23-26H2,1-3H3. The van der Waals surface area contributed by atoms with Crippen LogP contribution in [0.25, 0.3) is 11.1 Å². The third-order valence-corrected chi connectivity index (χ3v) is 8.56. The van der Waals surface area contributed by atoms with E-state index < -0.39 is 9.84 Å². The molecule has 0 aliphatic carbocycles. The Morgan fingerprint density at radius 3 is 1.87 bits per heavy atom. The number of nitrogens with zero attached hydrogens (tertiary/aromatic N) is 1. The molecule has 0 atom stereocenters. The fourth-order valence-corrected chi connectivity index (χ4v) is 5.91. The lowest BCUT2D eigenvalue weighted by atomic mass is 9.88. The highest BCUT2D eigenvalue weighted by molar-refractivity contribution is 7.91. The molecule has 0 amide bonds. The third-order valence-electron chi connectivity index (χ3n) is 6.85. The highest BCUT2D eigenvalue weighted by Gasteiger charge is 2.16. The first-order chi connectivity index (χ1) is 18.9. The number of allylic oxidation sites excluding steroid dienone is 1. The molecule has 4 nitrogen and oxygen atoms in total. The molecule has 5 heteroatoms. The van der Waals surface area contributed by atoms with Gasteiger partial charge in [0.15, 0.2) is 9.84 Å². The third kappa shape index (κ3) is 7.69. The number of rotatable bonds is 12. The number of sulfone groups is 1. The molecule has 0 spiro atoms. The molecule has 0 aliphatic rings. The van der Waals surface area contributed by atoms with Crippen molar-refractivity contribution in [2.75, 3.05) is 32.5 Å². The van der Waals surface area contributed by atoms with Crippen molar-refractivity contribution in [3.63, 3.8) is 0 Å². The Kier molecular flexibility index (Phi) is 9.74. The number of hydrogen-bond donors (Lipinski definition) is 0. The van der Waals surface area contributed by atoms with Gasteiger partial charge in [0.1, 0.15) is 12.4 Å². The van der Waals surface area contributed by atoms with Gasteiger partial charge in [-0.1, -0.05) is 97.4 Å². The normalized spacial score (nSPS) is 12.3. The number of aryl methyl sites for hydroxylation is 1. The Hall–Kier alpha value is -3.67. The van der Waals surface area contributed by atoms with Gasteiger partial charge in [-0.2, -0.15) is 0 Å². The van der Waals surface area contributed by atoms with Crippen molar-refractivity contribution >= 4 is 21.0 Å². The maximum Gasteiger partial charge on any atom is 0.179 e. The van der Waals surface area contributed by atoms with Crippen LogP contribution < -0.4 is 4.74 Å². The van der Waals surface area contributed by atoms with Gasteiger partial charge in [-0.25, -0.2) is 8.42 Å². The van der Waals surface area contributed by atoms with Crippen LogP contribution in [0.15, 0.2) is 114 Å². The maximum absolute atomic E-state index is 12.6. The van der Waals surface area contributed by atoms with Gasteiger partial charge in [-0.05, 0) is 72.5 Å². The Morgan fingerprint density at radius 2 is 1.28 bits per heavy atom. The number of likely N-dealkylation sites (N-methyl/N-ethyl adjacent to an activating group) is 1. The first-order valence-electron chi connectivity index (χ1n) is 13.4. The van der Waals surface area contributed by atoms with Gasteiger partial charge < -0.3 is 9.64 Å². The van der Waals surface area contributed by atoms with Crippen LogP contribution in [0.3, 0.4) is 0 Å². The van der Waals surface area contributed by atoms with Crippen molar-refractivity contribution in [2.24, 2.45) is 0 Å². The van der Waals surface area contributed by atoms with Gasteiger partial charge in [0.25, 0.3) is 0 Å². The van der Waals surface area contributed by atoms with Crippen molar-refractivity contribution in [2.45, 2.75) is 25.2 Å². The van der Waals surface area contributed by atoms with Crippen LogP contribution in [0.1, 0.15) is 35.6 Å². The van der Waals surface area contributed by atoms with Crippen LogP contribution in [0.2, 0.25) is 0 Å². The van der Waals surface area contributed by atoms with Crippen LogP contribution in [-0.2, 0) is 9.84 Å². The van der Waals surface area contributed by atoms with Gasteiger partial charge in [0, 0.05) is 13.1 Å². The zero-order valence-electron chi connectivity index (χ0n) is 23.0. The minimum atomic E-state index is -3.30. The SMILES string of the molecule is CCC(=C(c1ccccc1)c1ccc(OCCN(C)CCS(=O)(=O)c2ccc(C)cc2)cc1)c1ccccc1. The molecule has 0 radical (unpaired) electrons.